The highest BCUT2D eigenvalue weighted by atomic mass is 16.5. The molecule has 2 rings (SSSR count). The van der Waals surface area contributed by atoms with Crippen LogP contribution >= 0.6 is 0 Å². The number of methoxy groups -OCH3 is 1. The van der Waals surface area contributed by atoms with Crippen molar-refractivity contribution >= 4 is 5.97 Å². The molecule has 0 bridgehead atoms. The average Bonchev–Trinajstić information content (AvgIpc) is 2.54. The first-order valence-electron chi connectivity index (χ1n) is 8.50. The molecule has 0 amide bonds. The van der Waals surface area contributed by atoms with E-state index in [0.29, 0.717) is 5.92 Å². The topological polar surface area (TPSA) is 38.3 Å². The summed E-state index contributed by atoms with van der Waals surface area (Å²) in [5.74, 6) is 0.345. The average molecular weight is 315 g/mol. The van der Waals surface area contributed by atoms with Crippen molar-refractivity contribution in [3.05, 3.63) is 47.2 Å². The van der Waals surface area contributed by atoms with Crippen molar-refractivity contribution in [2.45, 2.75) is 46.5 Å². The number of benzene rings is 1. The largest absolute Gasteiger partial charge is 0.466 e. The SMILES string of the molecule is COC(=O)C1=C(NCCc2ccccc2)CCC(C(C)(C)C)C1. The Morgan fingerprint density at radius 1 is 1.26 bits per heavy atom. The lowest BCUT2D eigenvalue weighted by atomic mass is 9.71. The van der Waals surface area contributed by atoms with E-state index < -0.39 is 0 Å². The number of allylic oxidation sites excluding steroid dienone is 1. The molecule has 0 fully saturated rings. The number of hydrogen-bond acceptors (Lipinski definition) is 3. The first-order chi connectivity index (χ1) is 10.9. The molecule has 1 aromatic rings. The van der Waals surface area contributed by atoms with Crippen molar-refractivity contribution in [3.8, 4) is 0 Å². The van der Waals surface area contributed by atoms with Gasteiger partial charge in [-0.1, -0.05) is 51.1 Å². The molecule has 1 aliphatic rings. The van der Waals surface area contributed by atoms with E-state index in [1.54, 1.807) is 0 Å². The zero-order valence-electron chi connectivity index (χ0n) is 14.8. The van der Waals surface area contributed by atoms with Crippen molar-refractivity contribution in [1.82, 2.24) is 5.32 Å². The summed E-state index contributed by atoms with van der Waals surface area (Å²) in [7, 11) is 1.47. The van der Waals surface area contributed by atoms with Crippen LogP contribution in [0.15, 0.2) is 41.6 Å². The number of carbonyl (C=O) groups excluding carboxylic acids is 1. The van der Waals surface area contributed by atoms with Gasteiger partial charge in [-0.15, -0.1) is 0 Å². The number of hydrogen-bond donors (Lipinski definition) is 1. The van der Waals surface area contributed by atoms with Crippen LogP contribution < -0.4 is 5.32 Å². The summed E-state index contributed by atoms with van der Waals surface area (Å²) >= 11 is 0. The molecule has 23 heavy (non-hydrogen) atoms. The van der Waals surface area contributed by atoms with Gasteiger partial charge in [0.15, 0.2) is 0 Å². The Kier molecular flexibility index (Phi) is 5.86. The molecule has 3 heteroatoms. The summed E-state index contributed by atoms with van der Waals surface area (Å²) < 4.78 is 5.01. The van der Waals surface area contributed by atoms with Gasteiger partial charge in [0.25, 0.3) is 0 Å². The lowest BCUT2D eigenvalue weighted by Gasteiger charge is -2.35. The Morgan fingerprint density at radius 2 is 1.96 bits per heavy atom. The second kappa shape index (κ2) is 7.67. The maximum atomic E-state index is 12.2. The fourth-order valence-electron chi connectivity index (χ4n) is 3.21. The molecular formula is C20H29NO2. The molecule has 0 spiro atoms. The number of carbonyl (C=O) groups is 1. The van der Waals surface area contributed by atoms with E-state index in [9.17, 15) is 4.79 Å². The Labute approximate surface area is 140 Å². The summed E-state index contributed by atoms with van der Waals surface area (Å²) in [5, 5.41) is 3.49. The summed E-state index contributed by atoms with van der Waals surface area (Å²) in [6.45, 7) is 7.60. The zero-order chi connectivity index (χ0) is 16.9. The van der Waals surface area contributed by atoms with E-state index in [1.807, 2.05) is 6.07 Å². The van der Waals surface area contributed by atoms with Crippen molar-refractivity contribution in [1.29, 1.82) is 0 Å². The fourth-order valence-corrected chi connectivity index (χ4v) is 3.21. The van der Waals surface area contributed by atoms with Crippen molar-refractivity contribution in [3.63, 3.8) is 0 Å². The first-order valence-corrected chi connectivity index (χ1v) is 8.50. The predicted octanol–water partition coefficient (Wildman–Crippen LogP) is 4.09. The lowest BCUT2D eigenvalue weighted by molar-refractivity contribution is -0.136. The Balaban J connectivity index is 2.03. The molecule has 1 aliphatic carbocycles. The van der Waals surface area contributed by atoms with E-state index >= 15 is 0 Å². The van der Waals surface area contributed by atoms with Gasteiger partial charge in [-0.3, -0.25) is 0 Å². The van der Waals surface area contributed by atoms with E-state index in [1.165, 1.54) is 12.7 Å². The number of esters is 1. The van der Waals surface area contributed by atoms with Crippen LogP contribution in [0.3, 0.4) is 0 Å². The normalized spacial score (nSPS) is 18.7. The quantitative estimate of drug-likeness (QED) is 0.832. The van der Waals surface area contributed by atoms with Crippen LogP contribution in [0.1, 0.15) is 45.6 Å². The first kappa shape index (κ1) is 17.6. The van der Waals surface area contributed by atoms with Crippen molar-refractivity contribution < 1.29 is 9.53 Å². The minimum absolute atomic E-state index is 0.179. The Bertz CT molecular complexity index is 555. The summed E-state index contributed by atoms with van der Waals surface area (Å²) in [6, 6.07) is 10.4. The van der Waals surface area contributed by atoms with Gasteiger partial charge in [0.2, 0.25) is 0 Å². The minimum atomic E-state index is -0.179. The third-order valence-corrected chi connectivity index (χ3v) is 4.81. The van der Waals surface area contributed by atoms with Crippen LogP contribution in [0.4, 0.5) is 0 Å². The zero-order valence-corrected chi connectivity index (χ0v) is 14.8. The molecular weight excluding hydrogens is 286 g/mol. The van der Waals surface area contributed by atoms with Crippen molar-refractivity contribution in [2.75, 3.05) is 13.7 Å². The smallest absolute Gasteiger partial charge is 0.335 e. The highest BCUT2D eigenvalue weighted by molar-refractivity contribution is 5.89. The van der Waals surface area contributed by atoms with Crippen LogP contribution in [0, 0.1) is 11.3 Å². The maximum Gasteiger partial charge on any atom is 0.335 e. The number of nitrogens with one attached hydrogen (secondary N) is 1. The minimum Gasteiger partial charge on any atom is -0.466 e. The van der Waals surface area contributed by atoms with Crippen LogP contribution in [0.2, 0.25) is 0 Å². The summed E-state index contributed by atoms with van der Waals surface area (Å²) in [5.41, 5.74) is 3.44. The van der Waals surface area contributed by atoms with Gasteiger partial charge in [-0.25, -0.2) is 4.79 Å². The second-order valence-corrected chi connectivity index (χ2v) is 7.42. The molecule has 0 saturated heterocycles. The van der Waals surface area contributed by atoms with Gasteiger partial charge >= 0.3 is 5.97 Å². The van der Waals surface area contributed by atoms with Crippen LogP contribution in [-0.4, -0.2) is 19.6 Å². The van der Waals surface area contributed by atoms with Gasteiger partial charge in [0.05, 0.1) is 12.7 Å². The molecule has 0 aromatic heterocycles. The van der Waals surface area contributed by atoms with Crippen LogP contribution in [0.5, 0.6) is 0 Å². The molecule has 1 unspecified atom stereocenters. The molecule has 1 aromatic carbocycles. The van der Waals surface area contributed by atoms with Gasteiger partial charge in [0, 0.05) is 12.2 Å². The monoisotopic (exact) mass is 315 g/mol. The predicted molar refractivity (Wildman–Crippen MR) is 94.0 cm³/mol. The number of rotatable bonds is 5. The third-order valence-electron chi connectivity index (χ3n) is 4.81. The van der Waals surface area contributed by atoms with Gasteiger partial charge in [-0.2, -0.15) is 0 Å². The highest BCUT2D eigenvalue weighted by Gasteiger charge is 2.32. The summed E-state index contributed by atoms with van der Waals surface area (Å²) in [6.07, 6.45) is 3.82. The molecule has 126 valence electrons. The molecule has 0 radical (unpaired) electrons. The Hall–Kier alpha value is -1.77. The highest BCUT2D eigenvalue weighted by Crippen LogP contribution is 2.39. The van der Waals surface area contributed by atoms with E-state index in [2.05, 4.69) is 50.4 Å². The summed E-state index contributed by atoms with van der Waals surface area (Å²) in [4.78, 5) is 12.2. The van der Waals surface area contributed by atoms with Crippen molar-refractivity contribution in [2.24, 2.45) is 11.3 Å². The molecule has 3 nitrogen and oxygen atoms in total. The second-order valence-electron chi connectivity index (χ2n) is 7.42. The van der Waals surface area contributed by atoms with E-state index in [4.69, 9.17) is 4.74 Å². The lowest BCUT2D eigenvalue weighted by Crippen LogP contribution is -2.31. The van der Waals surface area contributed by atoms with Gasteiger partial charge < -0.3 is 10.1 Å². The fraction of sp³-hybridized carbons (Fsp3) is 0.550. The standard InChI is InChI=1S/C20H29NO2/c1-20(2,3)16-10-11-18(17(14-16)19(22)23-4)21-13-12-15-8-6-5-7-9-15/h5-9,16,21H,10-14H2,1-4H3. The van der Waals surface area contributed by atoms with Gasteiger partial charge in [-0.05, 0) is 42.6 Å². The molecule has 0 saturated carbocycles. The van der Waals surface area contributed by atoms with Crippen LogP contribution in [0.25, 0.3) is 0 Å². The molecule has 1 N–H and O–H groups in total. The van der Waals surface area contributed by atoms with E-state index in [0.717, 1.165) is 43.5 Å². The number of ether oxygens (including phenoxy) is 1. The third kappa shape index (κ3) is 4.85. The maximum absolute atomic E-state index is 12.2. The van der Waals surface area contributed by atoms with E-state index in [-0.39, 0.29) is 11.4 Å². The Morgan fingerprint density at radius 3 is 2.57 bits per heavy atom. The molecule has 1 atom stereocenters. The molecule has 0 heterocycles. The van der Waals surface area contributed by atoms with Gasteiger partial charge in [0.1, 0.15) is 0 Å². The van der Waals surface area contributed by atoms with Crippen LogP contribution in [-0.2, 0) is 16.0 Å². The molecule has 0 aliphatic heterocycles.